The first-order valence-corrected chi connectivity index (χ1v) is 8.90. The van der Waals surface area contributed by atoms with Crippen LogP contribution in [0.25, 0.3) is 0 Å². The summed E-state index contributed by atoms with van der Waals surface area (Å²) in [5.74, 6) is -1.14. The molecule has 0 aliphatic carbocycles. The maximum absolute atomic E-state index is 13.8. The molecule has 16 heavy (non-hydrogen) atoms. The molecule has 0 heterocycles. The number of benzene rings is 1. The molecular formula is C10H11BrF4Si. The zero-order valence-electron chi connectivity index (χ0n) is 9.04. The molecule has 0 bridgehead atoms. The normalized spacial score (nSPS) is 13.0. The molecule has 0 N–H and O–H groups in total. The van der Waals surface area contributed by atoms with Gasteiger partial charge in [-0.2, -0.15) is 13.2 Å². The Balaban J connectivity index is 3.52. The Bertz CT molecular complexity index is 407. The van der Waals surface area contributed by atoms with Gasteiger partial charge in [0.05, 0.1) is 13.6 Å². The van der Waals surface area contributed by atoms with Crippen LogP contribution in [-0.4, -0.2) is 8.07 Å². The van der Waals surface area contributed by atoms with Crippen molar-refractivity contribution in [2.45, 2.75) is 25.8 Å². The highest BCUT2D eigenvalue weighted by Crippen LogP contribution is 2.32. The summed E-state index contributed by atoms with van der Waals surface area (Å²) < 4.78 is 51.8. The summed E-state index contributed by atoms with van der Waals surface area (Å²) >= 11 is 3.11. The summed E-state index contributed by atoms with van der Waals surface area (Å²) in [6.45, 7) is 5.41. The summed E-state index contributed by atoms with van der Waals surface area (Å²) in [5, 5.41) is 0.183. The second kappa shape index (κ2) is 4.14. The van der Waals surface area contributed by atoms with Crippen molar-refractivity contribution in [3.8, 4) is 0 Å². The van der Waals surface area contributed by atoms with Gasteiger partial charge >= 0.3 is 6.18 Å². The lowest BCUT2D eigenvalue weighted by molar-refractivity contribution is -0.139. The Morgan fingerprint density at radius 3 is 2.00 bits per heavy atom. The Kier molecular flexibility index (Phi) is 3.55. The van der Waals surface area contributed by atoms with Crippen LogP contribution in [0.5, 0.6) is 0 Å². The van der Waals surface area contributed by atoms with Gasteiger partial charge in [0.2, 0.25) is 0 Å². The summed E-state index contributed by atoms with van der Waals surface area (Å²) in [6.07, 6.45) is -4.64. The van der Waals surface area contributed by atoms with Crippen LogP contribution in [0, 0.1) is 5.82 Å². The van der Waals surface area contributed by atoms with Gasteiger partial charge in [-0.1, -0.05) is 35.6 Å². The van der Waals surface area contributed by atoms with E-state index >= 15 is 0 Å². The Morgan fingerprint density at radius 2 is 1.62 bits per heavy atom. The van der Waals surface area contributed by atoms with Gasteiger partial charge < -0.3 is 0 Å². The average Bonchev–Trinajstić information content (AvgIpc) is 1.97. The number of hydrogen-bond donors (Lipinski definition) is 0. The van der Waals surface area contributed by atoms with E-state index in [0.29, 0.717) is 4.47 Å². The van der Waals surface area contributed by atoms with Crippen molar-refractivity contribution in [1.29, 1.82) is 0 Å². The largest absolute Gasteiger partial charge is 0.419 e. The van der Waals surface area contributed by atoms with Crippen LogP contribution in [0.1, 0.15) is 5.56 Å². The first kappa shape index (κ1) is 13.7. The van der Waals surface area contributed by atoms with Gasteiger partial charge in [-0.15, -0.1) is 0 Å². The zero-order valence-corrected chi connectivity index (χ0v) is 11.6. The third-order valence-corrected chi connectivity index (χ3v) is 5.16. The van der Waals surface area contributed by atoms with Gasteiger partial charge in [-0.3, -0.25) is 0 Å². The van der Waals surface area contributed by atoms with Crippen LogP contribution >= 0.6 is 15.9 Å². The summed E-state index contributed by atoms with van der Waals surface area (Å²) in [4.78, 5) is 0. The molecule has 1 aromatic rings. The van der Waals surface area contributed by atoms with E-state index < -0.39 is 25.6 Å². The Morgan fingerprint density at radius 1 is 1.12 bits per heavy atom. The highest BCUT2D eigenvalue weighted by molar-refractivity contribution is 9.10. The first-order valence-electron chi connectivity index (χ1n) is 4.61. The minimum Gasteiger partial charge on any atom is -0.206 e. The van der Waals surface area contributed by atoms with E-state index in [1.165, 1.54) is 6.07 Å². The fraction of sp³-hybridized carbons (Fsp3) is 0.400. The molecule has 1 rings (SSSR count). The number of rotatable bonds is 1. The van der Waals surface area contributed by atoms with Crippen molar-refractivity contribution in [1.82, 2.24) is 0 Å². The summed E-state index contributed by atoms with van der Waals surface area (Å²) in [7, 11) is -2.15. The van der Waals surface area contributed by atoms with Gasteiger partial charge in [-0.05, 0) is 17.3 Å². The number of halogens is 5. The molecule has 0 aliphatic heterocycles. The monoisotopic (exact) mass is 314 g/mol. The SMILES string of the molecule is C[Si](C)(C)c1c(Br)ccc(C(F)(F)F)c1F. The summed E-state index contributed by atoms with van der Waals surface area (Å²) in [5.41, 5.74) is -1.19. The number of alkyl halides is 3. The van der Waals surface area contributed by atoms with Crippen molar-refractivity contribution in [3.05, 3.63) is 28.0 Å². The number of hydrogen-bond acceptors (Lipinski definition) is 0. The molecule has 0 fully saturated rings. The van der Waals surface area contributed by atoms with Crippen molar-refractivity contribution >= 4 is 29.2 Å². The lowest BCUT2D eigenvalue weighted by Gasteiger charge is -2.21. The third-order valence-electron chi connectivity index (χ3n) is 2.15. The molecule has 0 aliphatic rings. The lowest BCUT2D eigenvalue weighted by Crippen LogP contribution is -2.42. The molecule has 0 nitrogen and oxygen atoms in total. The lowest BCUT2D eigenvalue weighted by atomic mass is 10.2. The maximum atomic E-state index is 13.8. The van der Waals surface area contributed by atoms with Gasteiger partial charge in [0, 0.05) is 4.47 Å². The smallest absolute Gasteiger partial charge is 0.206 e. The second-order valence-corrected chi connectivity index (χ2v) is 10.4. The van der Waals surface area contributed by atoms with Crippen LogP contribution in [-0.2, 0) is 6.18 Å². The molecule has 0 saturated heterocycles. The molecule has 0 atom stereocenters. The summed E-state index contributed by atoms with van der Waals surface area (Å²) in [6, 6.07) is 2.03. The fourth-order valence-electron chi connectivity index (χ4n) is 1.46. The van der Waals surface area contributed by atoms with Gasteiger partial charge in [0.1, 0.15) is 5.82 Å². The minimum atomic E-state index is -4.64. The van der Waals surface area contributed by atoms with Gasteiger partial charge in [-0.25, -0.2) is 4.39 Å². The van der Waals surface area contributed by atoms with Crippen molar-refractivity contribution in [2.24, 2.45) is 0 Å². The highest BCUT2D eigenvalue weighted by atomic mass is 79.9. The molecular weight excluding hydrogens is 304 g/mol. The molecule has 0 aromatic heterocycles. The minimum absolute atomic E-state index is 0.183. The standard InChI is InChI=1S/C10H11BrF4Si/c1-16(2,3)9-7(11)5-4-6(8(9)12)10(13,14)15/h4-5H,1-3H3. The molecule has 0 spiro atoms. The first-order chi connectivity index (χ1) is 7.05. The van der Waals surface area contributed by atoms with E-state index in [4.69, 9.17) is 0 Å². The van der Waals surface area contributed by atoms with E-state index in [-0.39, 0.29) is 5.19 Å². The molecule has 0 unspecified atom stereocenters. The van der Waals surface area contributed by atoms with Crippen LogP contribution in [0.2, 0.25) is 19.6 Å². The van der Waals surface area contributed by atoms with Gasteiger partial charge in [0.25, 0.3) is 0 Å². The zero-order chi connectivity index (χ0) is 12.7. The third kappa shape index (κ3) is 2.66. The Hall–Kier alpha value is -0.363. The van der Waals surface area contributed by atoms with Crippen molar-refractivity contribution in [2.75, 3.05) is 0 Å². The van der Waals surface area contributed by atoms with E-state index in [1.807, 2.05) is 0 Å². The fourth-order valence-corrected chi connectivity index (χ4v) is 5.14. The molecule has 0 saturated carbocycles. The van der Waals surface area contributed by atoms with Crippen LogP contribution < -0.4 is 5.19 Å². The predicted molar refractivity (Wildman–Crippen MR) is 62.1 cm³/mol. The van der Waals surface area contributed by atoms with Crippen molar-refractivity contribution in [3.63, 3.8) is 0 Å². The van der Waals surface area contributed by atoms with Crippen LogP contribution in [0.4, 0.5) is 17.6 Å². The molecule has 0 radical (unpaired) electrons. The highest BCUT2D eigenvalue weighted by Gasteiger charge is 2.37. The molecule has 1 aromatic carbocycles. The topological polar surface area (TPSA) is 0 Å². The molecule has 0 amide bonds. The van der Waals surface area contributed by atoms with E-state index in [2.05, 4.69) is 15.9 Å². The quantitative estimate of drug-likeness (QED) is 0.539. The van der Waals surface area contributed by atoms with Gasteiger partial charge in [0.15, 0.2) is 0 Å². The van der Waals surface area contributed by atoms with Crippen LogP contribution in [0.3, 0.4) is 0 Å². The van der Waals surface area contributed by atoms with Crippen LogP contribution in [0.15, 0.2) is 16.6 Å². The maximum Gasteiger partial charge on any atom is 0.419 e. The Labute approximate surface area is 101 Å². The second-order valence-electron chi connectivity index (χ2n) is 4.53. The van der Waals surface area contributed by atoms with E-state index in [1.54, 1.807) is 19.6 Å². The van der Waals surface area contributed by atoms with E-state index in [0.717, 1.165) is 6.07 Å². The van der Waals surface area contributed by atoms with Crippen molar-refractivity contribution < 1.29 is 17.6 Å². The average molecular weight is 315 g/mol. The molecule has 90 valence electrons. The molecule has 6 heteroatoms. The van der Waals surface area contributed by atoms with E-state index in [9.17, 15) is 17.6 Å². The predicted octanol–water partition coefficient (Wildman–Crippen LogP) is 4.15.